The molecule has 3 rings (SSSR count). The maximum absolute atomic E-state index is 12.5. The van der Waals surface area contributed by atoms with Gasteiger partial charge in [0, 0.05) is 20.4 Å². The molecule has 0 aromatic carbocycles. The molecular weight excluding hydrogens is 288 g/mol. The van der Waals surface area contributed by atoms with Gasteiger partial charge in [-0.3, -0.25) is 19.3 Å². The molecule has 3 aliphatic rings. The van der Waals surface area contributed by atoms with Crippen LogP contribution in [0.2, 0.25) is 0 Å². The Labute approximate surface area is 127 Å². The van der Waals surface area contributed by atoms with Crippen molar-refractivity contribution in [2.45, 2.75) is 31.2 Å². The monoisotopic (exact) mass is 304 g/mol. The Balaban J connectivity index is 2.07. The van der Waals surface area contributed by atoms with Crippen molar-refractivity contribution in [3.63, 3.8) is 0 Å². The lowest BCUT2D eigenvalue weighted by Crippen LogP contribution is -2.66. The van der Waals surface area contributed by atoms with Gasteiger partial charge in [-0.05, 0) is 11.6 Å². The summed E-state index contributed by atoms with van der Waals surface area (Å²) in [4.78, 5) is 38.4. The Morgan fingerprint density at radius 3 is 2.82 bits per heavy atom. The molecule has 7 heteroatoms. The van der Waals surface area contributed by atoms with Crippen LogP contribution in [0.25, 0.3) is 0 Å². The smallest absolute Gasteiger partial charge is 0.303 e. The van der Waals surface area contributed by atoms with Gasteiger partial charge in [0.05, 0.1) is 6.04 Å². The number of allylic oxidation sites excluding steroid dienone is 2. The van der Waals surface area contributed by atoms with E-state index in [-0.39, 0.29) is 12.1 Å². The van der Waals surface area contributed by atoms with E-state index in [0.29, 0.717) is 5.57 Å². The normalized spacial score (nSPS) is 33.6. The number of aliphatic hydroxyl groups is 1. The first kappa shape index (κ1) is 14.5. The summed E-state index contributed by atoms with van der Waals surface area (Å²) in [5, 5.41) is 10.8. The van der Waals surface area contributed by atoms with E-state index in [0.717, 1.165) is 9.80 Å². The summed E-state index contributed by atoms with van der Waals surface area (Å²) < 4.78 is 5.22. The molecule has 0 saturated carbocycles. The number of nitrogens with zero attached hydrogens (tertiary/aromatic N) is 2. The van der Waals surface area contributed by atoms with Gasteiger partial charge in [0.15, 0.2) is 0 Å². The molecule has 7 nitrogen and oxygen atoms in total. The van der Waals surface area contributed by atoms with Gasteiger partial charge in [-0.1, -0.05) is 18.7 Å². The topological polar surface area (TPSA) is 87.1 Å². The summed E-state index contributed by atoms with van der Waals surface area (Å²) in [5.74, 6) is -1.67. The highest BCUT2D eigenvalue weighted by atomic mass is 16.5. The van der Waals surface area contributed by atoms with Crippen LogP contribution < -0.4 is 0 Å². The number of hydrogen-bond acceptors (Lipinski definition) is 5. The summed E-state index contributed by atoms with van der Waals surface area (Å²) in [5.41, 5.74) is -1.32. The summed E-state index contributed by atoms with van der Waals surface area (Å²) >= 11 is 0. The average Bonchev–Trinajstić information content (AvgIpc) is 2.77. The van der Waals surface area contributed by atoms with Crippen LogP contribution in [-0.2, 0) is 19.1 Å². The zero-order chi connectivity index (χ0) is 16.2. The highest BCUT2D eigenvalue weighted by Gasteiger charge is 2.62. The van der Waals surface area contributed by atoms with Gasteiger partial charge in [0.25, 0.3) is 11.8 Å². The minimum Gasteiger partial charge on any atom is -0.456 e. The van der Waals surface area contributed by atoms with Crippen molar-refractivity contribution in [3.8, 4) is 0 Å². The third-order valence-electron chi connectivity index (χ3n) is 4.25. The van der Waals surface area contributed by atoms with E-state index in [4.69, 9.17) is 4.74 Å². The molecule has 1 aliphatic carbocycles. The highest BCUT2D eigenvalue weighted by molar-refractivity contribution is 6.06. The number of ether oxygens (including phenoxy) is 1. The molecule has 22 heavy (non-hydrogen) atoms. The van der Waals surface area contributed by atoms with Gasteiger partial charge >= 0.3 is 5.97 Å². The van der Waals surface area contributed by atoms with Crippen LogP contribution in [0, 0.1) is 0 Å². The van der Waals surface area contributed by atoms with Crippen LogP contribution in [0.15, 0.2) is 36.1 Å². The molecule has 2 saturated heterocycles. The van der Waals surface area contributed by atoms with Gasteiger partial charge in [-0.25, -0.2) is 0 Å². The van der Waals surface area contributed by atoms with Gasteiger partial charge < -0.3 is 14.7 Å². The van der Waals surface area contributed by atoms with Crippen LogP contribution in [0.1, 0.15) is 13.3 Å². The number of carbonyl (C=O) groups is 3. The molecule has 0 aromatic rings. The molecule has 2 fully saturated rings. The number of rotatable bonds is 1. The lowest BCUT2D eigenvalue weighted by Gasteiger charge is -2.44. The number of fused-ring (bicyclic) bond motifs is 3. The Hall–Kier alpha value is -2.41. The summed E-state index contributed by atoms with van der Waals surface area (Å²) in [6.07, 6.45) is 4.29. The lowest BCUT2D eigenvalue weighted by atomic mass is 9.96. The van der Waals surface area contributed by atoms with E-state index in [9.17, 15) is 19.5 Å². The number of amides is 2. The fraction of sp³-hybridized carbons (Fsp3) is 0.400. The Morgan fingerprint density at radius 2 is 2.18 bits per heavy atom. The van der Waals surface area contributed by atoms with E-state index >= 15 is 0 Å². The molecule has 0 radical (unpaired) electrons. The number of hydrogen-bond donors (Lipinski definition) is 1. The predicted octanol–water partition coefficient (Wildman–Crippen LogP) is -0.311. The fourth-order valence-corrected chi connectivity index (χ4v) is 3.22. The second-order valence-electron chi connectivity index (χ2n) is 5.62. The second kappa shape index (κ2) is 4.54. The quantitative estimate of drug-likeness (QED) is 0.530. The first-order valence-electron chi connectivity index (χ1n) is 6.85. The van der Waals surface area contributed by atoms with E-state index in [1.165, 1.54) is 14.0 Å². The van der Waals surface area contributed by atoms with Crippen LogP contribution in [0.5, 0.6) is 0 Å². The van der Waals surface area contributed by atoms with Crippen molar-refractivity contribution in [3.05, 3.63) is 36.1 Å². The second-order valence-corrected chi connectivity index (χ2v) is 5.62. The maximum Gasteiger partial charge on any atom is 0.303 e. The number of esters is 1. The standard InChI is InChI=1S/C15H16N2O5/c1-8-13(19)17-12-10(5-4-6-11(12)22-9(2)18)7-15(17,21)14(20)16(8)3/h4-6,11-12,21H,1,7H2,2-3H3. The minimum atomic E-state index is -1.96. The molecule has 0 aromatic heterocycles. The average molecular weight is 304 g/mol. The van der Waals surface area contributed by atoms with Crippen molar-refractivity contribution in [2.75, 3.05) is 7.05 Å². The number of carbonyl (C=O) groups excluding carboxylic acids is 3. The minimum absolute atomic E-state index is 0.0119. The Morgan fingerprint density at radius 1 is 1.50 bits per heavy atom. The third kappa shape index (κ3) is 1.75. The number of piperazine rings is 1. The molecule has 0 spiro atoms. The van der Waals surface area contributed by atoms with Crippen molar-refractivity contribution in [1.29, 1.82) is 0 Å². The summed E-state index contributed by atoms with van der Waals surface area (Å²) in [6.45, 7) is 4.87. The van der Waals surface area contributed by atoms with Crippen molar-refractivity contribution >= 4 is 17.8 Å². The SMILES string of the molecule is C=C1C(=O)N2C3C(=CC=CC3OC(C)=O)CC2(O)C(=O)N1C. The Kier molecular flexibility index (Phi) is 3.00. The molecule has 3 unspecified atom stereocenters. The largest absolute Gasteiger partial charge is 0.456 e. The predicted molar refractivity (Wildman–Crippen MR) is 74.9 cm³/mol. The fourth-order valence-electron chi connectivity index (χ4n) is 3.22. The third-order valence-corrected chi connectivity index (χ3v) is 4.25. The molecule has 3 atom stereocenters. The molecule has 0 bridgehead atoms. The van der Waals surface area contributed by atoms with E-state index in [1.54, 1.807) is 18.2 Å². The van der Waals surface area contributed by atoms with Crippen LogP contribution in [0.3, 0.4) is 0 Å². The van der Waals surface area contributed by atoms with Crippen molar-refractivity contribution in [2.24, 2.45) is 0 Å². The van der Waals surface area contributed by atoms with Gasteiger partial charge in [-0.2, -0.15) is 0 Å². The van der Waals surface area contributed by atoms with E-state index < -0.39 is 35.7 Å². The molecular formula is C15H16N2O5. The summed E-state index contributed by atoms with van der Waals surface area (Å²) in [6, 6.07) is -0.694. The van der Waals surface area contributed by atoms with Crippen LogP contribution in [0.4, 0.5) is 0 Å². The van der Waals surface area contributed by atoms with Crippen LogP contribution >= 0.6 is 0 Å². The number of likely N-dealkylation sites (N-methyl/N-ethyl adjacent to an activating group) is 1. The van der Waals surface area contributed by atoms with Gasteiger partial charge in [-0.15, -0.1) is 0 Å². The zero-order valence-electron chi connectivity index (χ0n) is 12.3. The first-order valence-corrected chi connectivity index (χ1v) is 6.85. The highest BCUT2D eigenvalue weighted by Crippen LogP contribution is 2.44. The molecule has 1 N–H and O–H groups in total. The van der Waals surface area contributed by atoms with Crippen molar-refractivity contribution < 1.29 is 24.2 Å². The maximum atomic E-state index is 12.5. The van der Waals surface area contributed by atoms with E-state index in [1.807, 2.05) is 0 Å². The summed E-state index contributed by atoms with van der Waals surface area (Å²) in [7, 11) is 1.40. The molecule has 116 valence electrons. The Bertz CT molecular complexity index is 665. The van der Waals surface area contributed by atoms with Gasteiger partial charge in [0.1, 0.15) is 11.8 Å². The van der Waals surface area contributed by atoms with Crippen LogP contribution in [-0.4, -0.2) is 57.6 Å². The zero-order valence-corrected chi connectivity index (χ0v) is 12.3. The van der Waals surface area contributed by atoms with Crippen molar-refractivity contribution in [1.82, 2.24) is 9.80 Å². The molecule has 2 heterocycles. The first-order chi connectivity index (χ1) is 10.3. The lowest BCUT2D eigenvalue weighted by molar-refractivity contribution is -0.187. The van der Waals surface area contributed by atoms with Gasteiger partial charge in [0.2, 0.25) is 5.72 Å². The van der Waals surface area contributed by atoms with E-state index in [2.05, 4.69) is 6.58 Å². The molecule has 2 aliphatic heterocycles. The molecule has 2 amide bonds.